The molecule has 0 aliphatic rings. The van der Waals surface area contributed by atoms with Gasteiger partial charge in [0.05, 0.1) is 13.2 Å². The van der Waals surface area contributed by atoms with Crippen LogP contribution in [-0.4, -0.2) is 28.5 Å². The van der Waals surface area contributed by atoms with Crippen molar-refractivity contribution in [3.05, 3.63) is 33.0 Å². The predicted molar refractivity (Wildman–Crippen MR) is 77.2 cm³/mol. The second-order valence-corrected chi connectivity index (χ2v) is 5.22. The van der Waals surface area contributed by atoms with Gasteiger partial charge in [0.1, 0.15) is 0 Å². The summed E-state index contributed by atoms with van der Waals surface area (Å²) in [5.74, 6) is 0.827. The van der Waals surface area contributed by atoms with Gasteiger partial charge in [0.25, 0.3) is 0 Å². The maximum Gasteiger partial charge on any atom is 0.195 e. The highest BCUT2D eigenvalue weighted by Gasteiger charge is 2.11. The molecule has 6 heteroatoms. The van der Waals surface area contributed by atoms with Crippen LogP contribution in [0.3, 0.4) is 0 Å². The van der Waals surface area contributed by atoms with Gasteiger partial charge in [-0.05, 0) is 31.3 Å². The third-order valence-corrected chi connectivity index (χ3v) is 3.64. The fourth-order valence-electron chi connectivity index (χ4n) is 1.72. The Hall–Kier alpha value is -0.980. The van der Waals surface area contributed by atoms with E-state index in [1.807, 2.05) is 16.7 Å². The molecule has 0 aliphatic carbocycles. The van der Waals surface area contributed by atoms with Crippen LogP contribution in [0.2, 0.25) is 0 Å². The number of H-pyrrole nitrogens is 1. The molecule has 2 rings (SSSR count). The van der Waals surface area contributed by atoms with Gasteiger partial charge in [-0.1, -0.05) is 27.6 Å². The van der Waals surface area contributed by atoms with E-state index < -0.39 is 0 Å². The van der Waals surface area contributed by atoms with E-state index in [2.05, 4.69) is 39.1 Å². The molecule has 1 aromatic heterocycles. The summed E-state index contributed by atoms with van der Waals surface area (Å²) in [6.07, 6.45) is 0. The van der Waals surface area contributed by atoms with Crippen molar-refractivity contribution < 1.29 is 4.74 Å². The summed E-state index contributed by atoms with van der Waals surface area (Å²) in [6, 6.07) is 6.15. The number of nitrogens with one attached hydrogen (secondary N) is 1. The molecule has 96 valence electrons. The van der Waals surface area contributed by atoms with Gasteiger partial charge < -0.3 is 4.74 Å². The molecule has 1 N–H and O–H groups in total. The minimum Gasteiger partial charge on any atom is -0.383 e. The molecule has 0 unspecified atom stereocenters. The van der Waals surface area contributed by atoms with Crippen molar-refractivity contribution in [1.82, 2.24) is 14.8 Å². The van der Waals surface area contributed by atoms with Crippen LogP contribution in [-0.2, 0) is 11.3 Å². The monoisotopic (exact) mass is 327 g/mol. The highest BCUT2D eigenvalue weighted by molar-refractivity contribution is 9.10. The van der Waals surface area contributed by atoms with E-state index in [4.69, 9.17) is 17.0 Å². The fourth-order valence-corrected chi connectivity index (χ4v) is 2.37. The first-order valence-corrected chi connectivity index (χ1v) is 6.74. The number of methoxy groups -OCH3 is 1. The summed E-state index contributed by atoms with van der Waals surface area (Å²) in [6.45, 7) is 3.34. The van der Waals surface area contributed by atoms with Gasteiger partial charge in [0, 0.05) is 17.1 Å². The summed E-state index contributed by atoms with van der Waals surface area (Å²) < 4.78 is 8.64. The molecular weight excluding hydrogens is 314 g/mol. The average molecular weight is 328 g/mol. The molecule has 1 aromatic carbocycles. The maximum absolute atomic E-state index is 5.24. The molecule has 0 spiro atoms. The molecule has 18 heavy (non-hydrogen) atoms. The van der Waals surface area contributed by atoms with Gasteiger partial charge in [-0.3, -0.25) is 9.67 Å². The molecule has 4 nitrogen and oxygen atoms in total. The number of aromatic amines is 1. The van der Waals surface area contributed by atoms with Crippen molar-refractivity contribution in [2.75, 3.05) is 13.7 Å². The molecule has 1 heterocycles. The van der Waals surface area contributed by atoms with Crippen LogP contribution in [0.25, 0.3) is 11.4 Å². The lowest BCUT2D eigenvalue weighted by Crippen LogP contribution is -2.06. The average Bonchev–Trinajstić information content (AvgIpc) is 2.71. The van der Waals surface area contributed by atoms with E-state index in [9.17, 15) is 0 Å². The van der Waals surface area contributed by atoms with Crippen LogP contribution >= 0.6 is 28.1 Å². The third kappa shape index (κ3) is 2.71. The van der Waals surface area contributed by atoms with Gasteiger partial charge >= 0.3 is 0 Å². The van der Waals surface area contributed by atoms with Crippen LogP contribution < -0.4 is 0 Å². The van der Waals surface area contributed by atoms with Crippen molar-refractivity contribution in [1.29, 1.82) is 0 Å². The molecular formula is C12H14BrN3OS. The molecule has 0 fully saturated rings. The van der Waals surface area contributed by atoms with Crippen LogP contribution in [0.4, 0.5) is 0 Å². The van der Waals surface area contributed by atoms with Crippen molar-refractivity contribution in [2.45, 2.75) is 13.5 Å². The summed E-state index contributed by atoms with van der Waals surface area (Å²) in [4.78, 5) is 0. The zero-order valence-electron chi connectivity index (χ0n) is 10.2. The molecule has 0 aliphatic heterocycles. The molecule has 2 aromatic rings. The van der Waals surface area contributed by atoms with E-state index in [0.29, 0.717) is 17.9 Å². The number of aromatic nitrogens is 3. The van der Waals surface area contributed by atoms with Gasteiger partial charge in [0.2, 0.25) is 0 Å². The van der Waals surface area contributed by atoms with E-state index in [-0.39, 0.29) is 0 Å². The highest BCUT2D eigenvalue weighted by atomic mass is 79.9. The first-order chi connectivity index (χ1) is 8.63. The number of hydrogen-bond acceptors (Lipinski definition) is 3. The Balaban J connectivity index is 2.50. The minimum atomic E-state index is 0.601. The number of hydrogen-bond donors (Lipinski definition) is 1. The molecule has 0 atom stereocenters. The zero-order valence-corrected chi connectivity index (χ0v) is 12.6. The maximum atomic E-state index is 5.24. The quantitative estimate of drug-likeness (QED) is 0.876. The topological polar surface area (TPSA) is 42.8 Å². The summed E-state index contributed by atoms with van der Waals surface area (Å²) in [5, 5.41) is 7.13. The smallest absolute Gasteiger partial charge is 0.195 e. The number of halogens is 1. The van der Waals surface area contributed by atoms with Gasteiger partial charge in [-0.2, -0.15) is 5.10 Å². The fraction of sp³-hybridized carbons (Fsp3) is 0.333. The second-order valence-electron chi connectivity index (χ2n) is 3.98. The Morgan fingerprint density at radius 2 is 2.28 bits per heavy atom. The minimum absolute atomic E-state index is 0.601. The Kier molecular flexibility index (Phi) is 4.31. The third-order valence-electron chi connectivity index (χ3n) is 2.64. The number of ether oxygens (including phenoxy) is 1. The number of rotatable bonds is 4. The second kappa shape index (κ2) is 5.77. The standard InChI is InChI=1S/C12H14BrN3OS/c1-8-3-4-10(13)9(7-8)11-14-15-12(18)16(11)5-6-17-2/h3-4,7H,5-6H2,1-2H3,(H,15,18). The Labute approximate surface area is 119 Å². The SMILES string of the molecule is COCCn1c(-c2cc(C)ccc2Br)n[nH]c1=S. The summed E-state index contributed by atoms with van der Waals surface area (Å²) in [7, 11) is 1.67. The molecule has 0 bridgehead atoms. The van der Waals surface area contributed by atoms with E-state index in [1.54, 1.807) is 7.11 Å². The van der Waals surface area contributed by atoms with Gasteiger partial charge in [-0.25, -0.2) is 0 Å². The van der Waals surface area contributed by atoms with Crippen molar-refractivity contribution >= 4 is 28.1 Å². The van der Waals surface area contributed by atoms with Crippen LogP contribution in [0.1, 0.15) is 5.56 Å². The Morgan fingerprint density at radius 1 is 1.50 bits per heavy atom. The highest BCUT2D eigenvalue weighted by Crippen LogP contribution is 2.27. The lowest BCUT2D eigenvalue weighted by Gasteiger charge is -2.08. The molecule has 0 saturated carbocycles. The lowest BCUT2D eigenvalue weighted by molar-refractivity contribution is 0.187. The molecule has 0 radical (unpaired) electrons. The van der Waals surface area contributed by atoms with E-state index >= 15 is 0 Å². The molecule has 0 amide bonds. The Bertz CT molecular complexity index is 606. The summed E-state index contributed by atoms with van der Waals surface area (Å²) in [5.41, 5.74) is 2.21. The van der Waals surface area contributed by atoms with Crippen molar-refractivity contribution in [3.8, 4) is 11.4 Å². The van der Waals surface area contributed by atoms with E-state index in [1.165, 1.54) is 5.56 Å². The number of nitrogens with zero attached hydrogens (tertiary/aromatic N) is 2. The van der Waals surface area contributed by atoms with E-state index in [0.717, 1.165) is 15.9 Å². The largest absolute Gasteiger partial charge is 0.383 e. The lowest BCUT2D eigenvalue weighted by atomic mass is 10.1. The van der Waals surface area contributed by atoms with Crippen LogP contribution in [0, 0.1) is 11.7 Å². The molecule has 0 saturated heterocycles. The first-order valence-electron chi connectivity index (χ1n) is 5.54. The number of benzene rings is 1. The van der Waals surface area contributed by atoms with Gasteiger partial charge in [-0.15, -0.1) is 0 Å². The number of aryl methyl sites for hydroxylation is 1. The van der Waals surface area contributed by atoms with Crippen LogP contribution in [0.15, 0.2) is 22.7 Å². The zero-order chi connectivity index (χ0) is 13.1. The van der Waals surface area contributed by atoms with Crippen molar-refractivity contribution in [2.24, 2.45) is 0 Å². The van der Waals surface area contributed by atoms with Gasteiger partial charge in [0.15, 0.2) is 10.6 Å². The first kappa shape index (κ1) is 13.5. The van der Waals surface area contributed by atoms with Crippen LogP contribution in [0.5, 0.6) is 0 Å². The summed E-state index contributed by atoms with van der Waals surface area (Å²) >= 11 is 8.78. The Morgan fingerprint density at radius 3 is 3.00 bits per heavy atom. The van der Waals surface area contributed by atoms with Crippen molar-refractivity contribution in [3.63, 3.8) is 0 Å². The predicted octanol–water partition coefficient (Wildman–Crippen LogP) is 3.33. The normalized spacial score (nSPS) is 10.8.